The first kappa shape index (κ1) is 38.8. The van der Waals surface area contributed by atoms with E-state index in [2.05, 4.69) is 278 Å². The van der Waals surface area contributed by atoms with Crippen LogP contribution in [0.15, 0.2) is 273 Å². The Labute approximate surface area is 376 Å². The zero-order chi connectivity index (χ0) is 42.7. The second kappa shape index (κ2) is 17.0. The van der Waals surface area contributed by atoms with Gasteiger partial charge in [-0.1, -0.05) is 237 Å². The van der Waals surface area contributed by atoms with Crippen molar-refractivity contribution in [2.75, 3.05) is 4.90 Å². The number of rotatable bonds is 10. The highest BCUT2D eigenvalue weighted by Crippen LogP contribution is 2.39. The molecule has 0 unspecified atom stereocenters. The van der Waals surface area contributed by atoms with Crippen LogP contribution in [-0.2, 0) is 0 Å². The molecule has 0 aromatic heterocycles. The molecule has 0 aliphatic heterocycles. The fraction of sp³-hybridized carbons (Fsp3) is 0. The minimum absolute atomic E-state index is 1.10. The van der Waals surface area contributed by atoms with E-state index < -0.39 is 8.07 Å². The summed E-state index contributed by atoms with van der Waals surface area (Å²) in [4.78, 5) is 2.37. The van der Waals surface area contributed by atoms with Gasteiger partial charge in [0.2, 0.25) is 0 Å². The third-order valence-electron chi connectivity index (χ3n) is 12.8. The molecule has 302 valence electrons. The zero-order valence-electron chi connectivity index (χ0n) is 35.4. The lowest BCUT2D eigenvalue weighted by Gasteiger charge is -2.34. The number of benzene rings is 11. The van der Waals surface area contributed by atoms with Gasteiger partial charge in [0.05, 0.1) is 0 Å². The predicted molar refractivity (Wildman–Crippen MR) is 276 cm³/mol. The van der Waals surface area contributed by atoms with E-state index in [0.717, 1.165) is 17.1 Å². The van der Waals surface area contributed by atoms with E-state index in [1.807, 2.05) is 0 Å². The standard InChI is InChI=1S/C62H45NSi/c1-4-20-55(21-5-1)64(56-22-6-2-7-23-56,57-24-8-3-9-25-57)58-44-36-47(37-45-58)46-30-38-52(39-31-46)63(53-40-32-50(33-41-53)61-28-14-18-48-16-10-12-26-59(48)61)54-42-34-51(35-43-54)62-29-15-19-49-17-11-13-27-60(49)62/h1-45H. The minimum Gasteiger partial charge on any atom is -0.311 e. The van der Waals surface area contributed by atoms with Gasteiger partial charge < -0.3 is 4.90 Å². The Morgan fingerprint density at radius 1 is 0.219 bits per heavy atom. The third-order valence-corrected chi connectivity index (χ3v) is 17.6. The topological polar surface area (TPSA) is 3.24 Å². The molecular weight excluding hydrogens is 787 g/mol. The molecule has 0 spiro atoms. The maximum absolute atomic E-state index is 2.61. The Morgan fingerprint density at radius 3 is 0.906 bits per heavy atom. The first-order valence-electron chi connectivity index (χ1n) is 22.1. The summed E-state index contributed by atoms with van der Waals surface area (Å²) in [5.41, 5.74) is 10.5. The van der Waals surface area contributed by atoms with Gasteiger partial charge >= 0.3 is 0 Å². The Hall–Kier alpha value is -8.04. The summed E-state index contributed by atoms with van der Waals surface area (Å²) >= 11 is 0. The van der Waals surface area contributed by atoms with Gasteiger partial charge in [-0.05, 0) is 112 Å². The molecule has 0 saturated heterocycles. The van der Waals surface area contributed by atoms with Gasteiger partial charge in [-0.3, -0.25) is 0 Å². The highest BCUT2D eigenvalue weighted by atomic mass is 28.3. The Kier molecular flexibility index (Phi) is 10.3. The van der Waals surface area contributed by atoms with Gasteiger partial charge in [0.1, 0.15) is 0 Å². The quantitative estimate of drug-likeness (QED) is 0.0980. The van der Waals surface area contributed by atoms with E-state index in [1.54, 1.807) is 0 Å². The molecule has 0 aliphatic carbocycles. The number of anilines is 3. The Morgan fingerprint density at radius 2 is 0.516 bits per heavy atom. The molecule has 0 radical (unpaired) electrons. The average molecular weight is 832 g/mol. The number of fused-ring (bicyclic) bond motifs is 2. The van der Waals surface area contributed by atoms with E-state index in [4.69, 9.17) is 0 Å². The predicted octanol–water partition coefficient (Wildman–Crippen LogP) is 13.8. The van der Waals surface area contributed by atoms with Crippen LogP contribution in [0.25, 0.3) is 54.9 Å². The van der Waals surface area contributed by atoms with Crippen LogP contribution in [-0.4, -0.2) is 8.07 Å². The summed E-state index contributed by atoms with van der Waals surface area (Å²) in [6, 6.07) is 100. The zero-order valence-corrected chi connectivity index (χ0v) is 36.4. The summed E-state index contributed by atoms with van der Waals surface area (Å²) in [6.45, 7) is 0. The van der Waals surface area contributed by atoms with Gasteiger partial charge in [0.15, 0.2) is 8.07 Å². The van der Waals surface area contributed by atoms with E-state index in [-0.39, 0.29) is 0 Å². The molecule has 11 aromatic carbocycles. The van der Waals surface area contributed by atoms with Crippen LogP contribution in [0.4, 0.5) is 17.1 Å². The van der Waals surface area contributed by atoms with Crippen LogP contribution in [0, 0.1) is 0 Å². The van der Waals surface area contributed by atoms with Crippen molar-refractivity contribution in [3.63, 3.8) is 0 Å². The van der Waals surface area contributed by atoms with Gasteiger partial charge in [0.25, 0.3) is 0 Å². The Balaban J connectivity index is 0.969. The fourth-order valence-corrected chi connectivity index (χ4v) is 14.5. The van der Waals surface area contributed by atoms with Crippen LogP contribution in [0.1, 0.15) is 0 Å². The van der Waals surface area contributed by atoms with Crippen LogP contribution in [0.5, 0.6) is 0 Å². The Bertz CT molecular complexity index is 3100. The van der Waals surface area contributed by atoms with Gasteiger partial charge in [-0.2, -0.15) is 0 Å². The number of hydrogen-bond donors (Lipinski definition) is 0. The average Bonchev–Trinajstić information content (AvgIpc) is 3.38. The van der Waals surface area contributed by atoms with E-state index in [0.29, 0.717) is 0 Å². The molecule has 0 fully saturated rings. The van der Waals surface area contributed by atoms with E-state index in [1.165, 1.54) is 75.7 Å². The lowest BCUT2D eigenvalue weighted by Crippen LogP contribution is -2.74. The van der Waals surface area contributed by atoms with Gasteiger partial charge in [-0.15, -0.1) is 0 Å². The third kappa shape index (κ3) is 7.10. The largest absolute Gasteiger partial charge is 0.311 e. The lowest BCUT2D eigenvalue weighted by molar-refractivity contribution is 1.28. The molecule has 0 amide bonds. The van der Waals surface area contributed by atoms with Crippen molar-refractivity contribution in [3.8, 4) is 33.4 Å². The summed E-state index contributed by atoms with van der Waals surface area (Å²) in [5.74, 6) is 0. The maximum atomic E-state index is 2.38. The molecule has 1 nitrogen and oxygen atoms in total. The molecule has 0 bridgehead atoms. The first-order valence-corrected chi connectivity index (χ1v) is 24.1. The van der Waals surface area contributed by atoms with Crippen molar-refractivity contribution >= 4 is 67.4 Å². The summed E-state index contributed by atoms with van der Waals surface area (Å²) in [5, 5.41) is 10.5. The smallest absolute Gasteiger partial charge is 0.179 e. The molecule has 2 heteroatoms. The highest BCUT2D eigenvalue weighted by Gasteiger charge is 2.41. The van der Waals surface area contributed by atoms with Crippen molar-refractivity contribution in [2.24, 2.45) is 0 Å². The SMILES string of the molecule is c1ccc([Si](c2ccccc2)(c2ccccc2)c2ccc(-c3ccc(N(c4ccc(-c5cccc6ccccc56)cc4)c4ccc(-c5cccc6ccccc56)cc4)cc3)cc2)cc1. The highest BCUT2D eigenvalue weighted by molar-refractivity contribution is 7.19. The molecule has 11 rings (SSSR count). The van der Waals surface area contributed by atoms with Gasteiger partial charge in [-0.25, -0.2) is 0 Å². The van der Waals surface area contributed by atoms with Crippen molar-refractivity contribution in [1.29, 1.82) is 0 Å². The van der Waals surface area contributed by atoms with Crippen LogP contribution in [0.3, 0.4) is 0 Å². The first-order chi connectivity index (χ1) is 31.7. The normalized spacial score (nSPS) is 11.4. The second-order valence-electron chi connectivity index (χ2n) is 16.5. The van der Waals surface area contributed by atoms with E-state index >= 15 is 0 Å². The number of nitrogens with zero attached hydrogens (tertiary/aromatic N) is 1. The minimum atomic E-state index is -2.61. The van der Waals surface area contributed by atoms with Crippen LogP contribution < -0.4 is 25.6 Å². The summed E-state index contributed by atoms with van der Waals surface area (Å²) in [6.07, 6.45) is 0. The molecule has 0 aliphatic rings. The van der Waals surface area contributed by atoms with Crippen molar-refractivity contribution < 1.29 is 0 Å². The summed E-state index contributed by atoms with van der Waals surface area (Å²) < 4.78 is 0. The van der Waals surface area contributed by atoms with Crippen molar-refractivity contribution in [3.05, 3.63) is 273 Å². The van der Waals surface area contributed by atoms with E-state index in [9.17, 15) is 0 Å². The van der Waals surface area contributed by atoms with Crippen molar-refractivity contribution in [2.45, 2.75) is 0 Å². The monoisotopic (exact) mass is 831 g/mol. The van der Waals surface area contributed by atoms with Crippen molar-refractivity contribution in [1.82, 2.24) is 0 Å². The summed E-state index contributed by atoms with van der Waals surface area (Å²) in [7, 11) is -2.61. The van der Waals surface area contributed by atoms with Crippen LogP contribution >= 0.6 is 0 Å². The molecule has 11 aromatic rings. The molecule has 0 atom stereocenters. The maximum Gasteiger partial charge on any atom is 0.179 e. The molecule has 0 N–H and O–H groups in total. The molecule has 0 heterocycles. The van der Waals surface area contributed by atoms with Gasteiger partial charge in [0, 0.05) is 17.1 Å². The number of hydrogen-bond acceptors (Lipinski definition) is 1. The molecule has 0 saturated carbocycles. The lowest BCUT2D eigenvalue weighted by atomic mass is 9.97. The van der Waals surface area contributed by atoms with Crippen LogP contribution in [0.2, 0.25) is 0 Å². The second-order valence-corrected chi connectivity index (χ2v) is 20.3. The molecule has 64 heavy (non-hydrogen) atoms. The fourth-order valence-electron chi connectivity index (χ4n) is 9.76. The molecular formula is C62H45NSi.